The van der Waals surface area contributed by atoms with E-state index >= 15 is 0 Å². The summed E-state index contributed by atoms with van der Waals surface area (Å²) >= 11 is 0. The van der Waals surface area contributed by atoms with Gasteiger partial charge in [0.05, 0.1) is 0 Å². The fraction of sp³-hybridized carbons (Fsp3) is 0.353. The van der Waals surface area contributed by atoms with Crippen molar-refractivity contribution in [1.82, 2.24) is 9.38 Å². The Labute approximate surface area is 112 Å². The van der Waals surface area contributed by atoms with Crippen molar-refractivity contribution in [3.05, 3.63) is 47.9 Å². The summed E-state index contributed by atoms with van der Waals surface area (Å²) in [6, 6.07) is 8.82. The predicted molar refractivity (Wildman–Crippen MR) is 76.6 cm³/mol. The third-order valence-electron chi connectivity index (χ3n) is 5.16. The van der Waals surface area contributed by atoms with Crippen molar-refractivity contribution in [2.24, 2.45) is 0 Å². The van der Waals surface area contributed by atoms with Crippen molar-refractivity contribution >= 4 is 16.4 Å². The third kappa shape index (κ3) is 1.15. The van der Waals surface area contributed by atoms with Crippen molar-refractivity contribution in [1.29, 1.82) is 0 Å². The average molecular weight is 248 g/mol. The number of aromatic nitrogens is 2. The van der Waals surface area contributed by atoms with Crippen molar-refractivity contribution in [3.63, 3.8) is 0 Å². The first-order valence-electron chi connectivity index (χ1n) is 7.31. The maximum Gasteiger partial charge on any atom is 0.144 e. The van der Waals surface area contributed by atoms with E-state index in [0.29, 0.717) is 0 Å². The van der Waals surface area contributed by atoms with Crippen LogP contribution in [0.4, 0.5) is 0 Å². The van der Waals surface area contributed by atoms with Gasteiger partial charge in [-0.25, -0.2) is 4.98 Å². The number of imidazole rings is 1. The van der Waals surface area contributed by atoms with E-state index in [-0.39, 0.29) is 0 Å². The molecule has 2 heterocycles. The molecular formula is C17H16N2. The topological polar surface area (TPSA) is 17.3 Å². The van der Waals surface area contributed by atoms with E-state index in [0.717, 1.165) is 17.5 Å². The van der Waals surface area contributed by atoms with Gasteiger partial charge in [-0.15, -0.1) is 0 Å². The lowest BCUT2D eigenvalue weighted by Crippen LogP contribution is -2.24. The average Bonchev–Trinajstić information content (AvgIpc) is 2.98. The highest BCUT2D eigenvalue weighted by atomic mass is 15.0. The Morgan fingerprint density at radius 3 is 2.53 bits per heavy atom. The van der Waals surface area contributed by atoms with Crippen molar-refractivity contribution < 1.29 is 0 Å². The zero-order valence-electron chi connectivity index (χ0n) is 10.8. The summed E-state index contributed by atoms with van der Waals surface area (Å²) in [4.78, 5) is 4.60. The monoisotopic (exact) mass is 248 g/mol. The van der Waals surface area contributed by atoms with Crippen LogP contribution >= 0.6 is 0 Å². The summed E-state index contributed by atoms with van der Waals surface area (Å²) in [5, 5.41) is 2.77. The van der Waals surface area contributed by atoms with Crippen LogP contribution in [0.3, 0.4) is 0 Å². The van der Waals surface area contributed by atoms with Crippen LogP contribution in [0.15, 0.2) is 36.7 Å². The molecule has 2 nitrogen and oxygen atoms in total. The Bertz CT molecular complexity index is 791. The molecule has 19 heavy (non-hydrogen) atoms. The summed E-state index contributed by atoms with van der Waals surface area (Å²) in [5.74, 6) is 1.53. The lowest BCUT2D eigenvalue weighted by atomic mass is 9.68. The minimum absolute atomic E-state index is 0.751. The summed E-state index contributed by atoms with van der Waals surface area (Å²) in [6.07, 6.45) is 9.59. The summed E-state index contributed by atoms with van der Waals surface area (Å²) < 4.78 is 2.37. The van der Waals surface area contributed by atoms with Gasteiger partial charge in [0, 0.05) is 23.5 Å². The zero-order valence-corrected chi connectivity index (χ0v) is 10.8. The first-order valence-corrected chi connectivity index (χ1v) is 7.31. The second-order valence-electron chi connectivity index (χ2n) is 6.01. The third-order valence-corrected chi connectivity index (χ3v) is 5.16. The maximum atomic E-state index is 4.60. The van der Waals surface area contributed by atoms with Gasteiger partial charge in [0.25, 0.3) is 0 Å². The molecule has 2 heteroatoms. The molecule has 0 aliphatic heterocycles. The number of nitrogens with zero attached hydrogens (tertiary/aromatic N) is 2. The van der Waals surface area contributed by atoms with Gasteiger partial charge in [-0.05, 0) is 48.5 Å². The molecule has 0 unspecified atom stereocenters. The van der Waals surface area contributed by atoms with E-state index in [4.69, 9.17) is 0 Å². The highest BCUT2D eigenvalue weighted by Crippen LogP contribution is 2.51. The fourth-order valence-electron chi connectivity index (χ4n) is 4.38. The molecule has 1 fully saturated rings. The standard InChI is InChI=1S/C17H16N2/c1-2-4-14-13(3-1)15-11-5-7-12(8-6-11)16(15)19-10-9-18-17(14)19/h1-4,9-12H,5-8H2. The van der Waals surface area contributed by atoms with E-state index in [9.17, 15) is 0 Å². The van der Waals surface area contributed by atoms with Crippen LogP contribution in [-0.2, 0) is 0 Å². The van der Waals surface area contributed by atoms with Gasteiger partial charge >= 0.3 is 0 Å². The quantitative estimate of drug-likeness (QED) is 0.581. The van der Waals surface area contributed by atoms with Crippen LogP contribution in [0, 0.1) is 0 Å². The minimum Gasteiger partial charge on any atom is -0.303 e. The Morgan fingerprint density at radius 1 is 0.947 bits per heavy atom. The molecule has 2 bridgehead atoms. The predicted octanol–water partition coefficient (Wildman–Crippen LogP) is 4.24. The number of hydrogen-bond acceptors (Lipinski definition) is 1. The molecule has 0 atom stereocenters. The summed E-state index contributed by atoms with van der Waals surface area (Å²) in [7, 11) is 0. The van der Waals surface area contributed by atoms with Crippen LogP contribution in [0.2, 0.25) is 0 Å². The zero-order chi connectivity index (χ0) is 12.4. The maximum absolute atomic E-state index is 4.60. The van der Waals surface area contributed by atoms with E-state index < -0.39 is 0 Å². The van der Waals surface area contributed by atoms with Crippen molar-refractivity contribution in [2.75, 3.05) is 0 Å². The first kappa shape index (κ1) is 10.0. The Hall–Kier alpha value is -1.83. The van der Waals surface area contributed by atoms with Crippen LogP contribution in [-0.4, -0.2) is 9.38 Å². The molecule has 0 saturated heterocycles. The van der Waals surface area contributed by atoms with Gasteiger partial charge < -0.3 is 4.40 Å². The van der Waals surface area contributed by atoms with Crippen LogP contribution in [0.25, 0.3) is 16.4 Å². The van der Waals surface area contributed by atoms with E-state index in [1.807, 2.05) is 6.20 Å². The van der Waals surface area contributed by atoms with E-state index in [1.54, 1.807) is 11.3 Å². The van der Waals surface area contributed by atoms with Gasteiger partial charge in [0.15, 0.2) is 0 Å². The van der Waals surface area contributed by atoms with Crippen LogP contribution < -0.4 is 0 Å². The minimum atomic E-state index is 0.751. The molecule has 3 aliphatic carbocycles. The number of pyridine rings is 1. The fourth-order valence-corrected chi connectivity index (χ4v) is 4.38. The molecule has 94 valence electrons. The van der Waals surface area contributed by atoms with E-state index in [1.165, 1.54) is 36.5 Å². The SMILES string of the molecule is c1ccc2c(c1)c1c(n3ccnc23)C2CCC1CC2. The molecule has 0 amide bonds. The lowest BCUT2D eigenvalue weighted by molar-refractivity contribution is 0.351. The van der Waals surface area contributed by atoms with Gasteiger partial charge in [-0.1, -0.05) is 24.3 Å². The van der Waals surface area contributed by atoms with Crippen molar-refractivity contribution in [3.8, 4) is 0 Å². The lowest BCUT2D eigenvalue weighted by Gasteiger charge is -2.39. The van der Waals surface area contributed by atoms with E-state index in [2.05, 4.69) is 39.8 Å². The van der Waals surface area contributed by atoms with Gasteiger partial charge in [-0.3, -0.25) is 0 Å². The van der Waals surface area contributed by atoms with Crippen LogP contribution in [0.1, 0.15) is 48.8 Å². The first-order chi connectivity index (χ1) is 9.43. The molecule has 1 saturated carbocycles. The molecule has 0 spiro atoms. The number of hydrogen-bond donors (Lipinski definition) is 0. The van der Waals surface area contributed by atoms with Gasteiger partial charge in [0.2, 0.25) is 0 Å². The number of fused-ring (bicyclic) bond motifs is 5. The molecule has 3 aliphatic rings. The smallest absolute Gasteiger partial charge is 0.144 e. The van der Waals surface area contributed by atoms with Gasteiger partial charge in [-0.2, -0.15) is 0 Å². The Balaban J connectivity index is 2.07. The Kier molecular flexibility index (Phi) is 1.78. The second kappa shape index (κ2) is 3.38. The molecule has 0 N–H and O–H groups in total. The second-order valence-corrected chi connectivity index (χ2v) is 6.01. The molecule has 0 radical (unpaired) electrons. The molecule has 6 rings (SSSR count). The highest BCUT2D eigenvalue weighted by molar-refractivity contribution is 5.97. The van der Waals surface area contributed by atoms with Crippen LogP contribution in [0.5, 0.6) is 0 Å². The normalized spacial score (nSPS) is 25.1. The highest BCUT2D eigenvalue weighted by Gasteiger charge is 2.36. The summed E-state index contributed by atoms with van der Waals surface area (Å²) in [5.41, 5.74) is 4.33. The summed E-state index contributed by atoms with van der Waals surface area (Å²) in [6.45, 7) is 0. The van der Waals surface area contributed by atoms with Crippen molar-refractivity contribution in [2.45, 2.75) is 37.5 Å². The molecular weight excluding hydrogens is 232 g/mol. The molecule has 2 aromatic heterocycles. The van der Waals surface area contributed by atoms with Gasteiger partial charge in [0.1, 0.15) is 5.65 Å². The Morgan fingerprint density at radius 2 is 1.68 bits per heavy atom. The number of benzene rings is 1. The molecule has 1 aromatic carbocycles. The number of rotatable bonds is 0. The molecule has 3 aromatic rings. The largest absolute Gasteiger partial charge is 0.303 e.